The fourth-order valence-electron chi connectivity index (χ4n) is 0.453. The molecule has 0 saturated carbocycles. The summed E-state index contributed by atoms with van der Waals surface area (Å²) in [5, 5.41) is 7.28. The second-order valence-corrected chi connectivity index (χ2v) is 1.80. The van der Waals surface area contributed by atoms with Gasteiger partial charge in [0.2, 0.25) is 0 Å². The highest BCUT2D eigenvalue weighted by Gasteiger charge is 1.90. The largest absolute Gasteiger partial charge is 0.305 e. The Morgan fingerprint density at radius 1 is 1.62 bits per heavy atom. The van der Waals surface area contributed by atoms with Crippen LogP contribution in [0.25, 0.3) is 0 Å². The molecule has 0 aliphatic rings. The molecule has 0 rings (SSSR count). The summed E-state index contributed by atoms with van der Waals surface area (Å²) in [5.41, 5.74) is 1.83. The van der Waals surface area contributed by atoms with Gasteiger partial charge in [-0.3, -0.25) is 0 Å². The lowest BCUT2D eigenvalue weighted by molar-refractivity contribution is 1.22. The minimum Gasteiger partial charge on any atom is -0.305 e. The van der Waals surface area contributed by atoms with Gasteiger partial charge >= 0.3 is 0 Å². The number of allylic oxidation sites excluding steroid dienone is 2. The molecule has 0 spiro atoms. The van der Waals surface area contributed by atoms with E-state index in [2.05, 4.69) is 0 Å². The molecular weight excluding hydrogens is 98.1 g/mol. The maximum atomic E-state index is 7.28. The summed E-state index contributed by atoms with van der Waals surface area (Å²) in [6.45, 7) is 5.92. The molecule has 1 nitrogen and oxygen atoms in total. The minimum absolute atomic E-state index is 0.743. The van der Waals surface area contributed by atoms with E-state index in [1.165, 1.54) is 0 Å². The van der Waals surface area contributed by atoms with Crippen LogP contribution in [0.3, 0.4) is 0 Å². The Hall–Kier alpha value is -0.590. The van der Waals surface area contributed by atoms with Crippen molar-refractivity contribution in [1.29, 1.82) is 5.41 Å². The van der Waals surface area contributed by atoms with Gasteiger partial charge < -0.3 is 5.41 Å². The molecule has 0 aromatic heterocycles. The van der Waals surface area contributed by atoms with E-state index in [0.29, 0.717) is 0 Å². The first-order valence-electron chi connectivity index (χ1n) is 2.93. The molecule has 0 fully saturated rings. The van der Waals surface area contributed by atoms with E-state index in [9.17, 15) is 0 Å². The standard InChI is InChI=1S/C7H13N/c1-4-6(3)7(8)5-2/h4,8H,5H2,1-3H3/b6-4-,8-7?. The van der Waals surface area contributed by atoms with Gasteiger partial charge in [-0.25, -0.2) is 0 Å². The third-order valence-electron chi connectivity index (χ3n) is 1.26. The highest BCUT2D eigenvalue weighted by Crippen LogP contribution is 1.96. The maximum absolute atomic E-state index is 7.28. The van der Waals surface area contributed by atoms with Gasteiger partial charge in [-0.15, -0.1) is 0 Å². The Bertz CT molecular complexity index is 112. The SMILES string of the molecule is C/C=C(/C)C(=N)CC. The van der Waals surface area contributed by atoms with Crippen molar-refractivity contribution in [2.75, 3.05) is 0 Å². The lowest BCUT2D eigenvalue weighted by Crippen LogP contribution is -1.93. The summed E-state index contributed by atoms with van der Waals surface area (Å²) >= 11 is 0. The molecule has 0 atom stereocenters. The van der Waals surface area contributed by atoms with Gasteiger partial charge in [0.05, 0.1) is 0 Å². The zero-order valence-electron chi connectivity index (χ0n) is 5.78. The molecule has 0 unspecified atom stereocenters. The van der Waals surface area contributed by atoms with Gasteiger partial charge in [-0.1, -0.05) is 13.0 Å². The Balaban J connectivity index is 3.83. The van der Waals surface area contributed by atoms with Gasteiger partial charge in [0, 0.05) is 5.71 Å². The average molecular weight is 111 g/mol. The second-order valence-electron chi connectivity index (χ2n) is 1.80. The van der Waals surface area contributed by atoms with Crippen molar-refractivity contribution in [2.24, 2.45) is 0 Å². The molecule has 0 saturated heterocycles. The smallest absolute Gasteiger partial charge is 0.0337 e. The van der Waals surface area contributed by atoms with Crippen molar-refractivity contribution in [2.45, 2.75) is 27.2 Å². The van der Waals surface area contributed by atoms with E-state index >= 15 is 0 Å². The monoisotopic (exact) mass is 111 g/mol. The number of hydrogen-bond donors (Lipinski definition) is 1. The van der Waals surface area contributed by atoms with Crippen molar-refractivity contribution in [3.63, 3.8) is 0 Å². The molecule has 1 N–H and O–H groups in total. The normalized spacial score (nSPS) is 11.6. The Morgan fingerprint density at radius 3 is 2.25 bits per heavy atom. The number of nitrogens with one attached hydrogen (secondary N) is 1. The van der Waals surface area contributed by atoms with E-state index in [-0.39, 0.29) is 0 Å². The summed E-state index contributed by atoms with van der Waals surface area (Å²) in [6.07, 6.45) is 2.81. The first-order chi connectivity index (χ1) is 3.72. The van der Waals surface area contributed by atoms with Crippen molar-refractivity contribution < 1.29 is 0 Å². The molecule has 0 aromatic carbocycles. The van der Waals surface area contributed by atoms with Crippen LogP contribution in [0.2, 0.25) is 0 Å². The van der Waals surface area contributed by atoms with Gasteiger partial charge in [0.1, 0.15) is 0 Å². The van der Waals surface area contributed by atoms with E-state index in [1.807, 2.05) is 26.8 Å². The van der Waals surface area contributed by atoms with Crippen LogP contribution in [0.1, 0.15) is 27.2 Å². The third-order valence-corrected chi connectivity index (χ3v) is 1.26. The van der Waals surface area contributed by atoms with Gasteiger partial charge in [-0.05, 0) is 25.8 Å². The molecule has 0 bridgehead atoms. The zero-order valence-corrected chi connectivity index (χ0v) is 5.78. The Morgan fingerprint density at radius 2 is 2.12 bits per heavy atom. The molecule has 1 heteroatoms. The highest BCUT2D eigenvalue weighted by atomic mass is 14.4. The maximum Gasteiger partial charge on any atom is 0.0337 e. The van der Waals surface area contributed by atoms with Crippen molar-refractivity contribution >= 4 is 5.71 Å². The fraction of sp³-hybridized carbons (Fsp3) is 0.571. The summed E-state index contributed by atoms with van der Waals surface area (Å²) < 4.78 is 0. The van der Waals surface area contributed by atoms with Crippen LogP contribution in [-0.4, -0.2) is 5.71 Å². The molecule has 46 valence electrons. The summed E-state index contributed by atoms with van der Waals surface area (Å²) in [7, 11) is 0. The number of rotatable bonds is 2. The van der Waals surface area contributed by atoms with Gasteiger partial charge in [-0.2, -0.15) is 0 Å². The molecule has 0 aliphatic heterocycles. The van der Waals surface area contributed by atoms with Crippen LogP contribution in [0, 0.1) is 5.41 Å². The highest BCUT2D eigenvalue weighted by molar-refractivity contribution is 5.96. The summed E-state index contributed by atoms with van der Waals surface area (Å²) in [5.74, 6) is 0. The quantitative estimate of drug-likeness (QED) is 0.529. The molecule has 8 heavy (non-hydrogen) atoms. The zero-order chi connectivity index (χ0) is 6.57. The lowest BCUT2D eigenvalue weighted by Gasteiger charge is -1.95. The van der Waals surface area contributed by atoms with Gasteiger partial charge in [0.25, 0.3) is 0 Å². The van der Waals surface area contributed by atoms with Crippen molar-refractivity contribution in [3.05, 3.63) is 11.6 Å². The van der Waals surface area contributed by atoms with Crippen LogP contribution in [-0.2, 0) is 0 Å². The van der Waals surface area contributed by atoms with Crippen LogP contribution in [0.15, 0.2) is 11.6 Å². The number of hydrogen-bond acceptors (Lipinski definition) is 1. The molecule has 0 aromatic rings. The van der Waals surface area contributed by atoms with E-state index in [1.54, 1.807) is 0 Å². The Labute approximate surface area is 50.9 Å². The predicted molar refractivity (Wildman–Crippen MR) is 37.4 cm³/mol. The van der Waals surface area contributed by atoms with E-state index in [4.69, 9.17) is 5.41 Å². The fourth-order valence-corrected chi connectivity index (χ4v) is 0.453. The lowest BCUT2D eigenvalue weighted by atomic mass is 10.1. The van der Waals surface area contributed by atoms with Crippen LogP contribution >= 0.6 is 0 Å². The summed E-state index contributed by atoms with van der Waals surface area (Å²) in [4.78, 5) is 0. The third kappa shape index (κ3) is 1.92. The summed E-state index contributed by atoms with van der Waals surface area (Å²) in [6, 6.07) is 0. The van der Waals surface area contributed by atoms with Crippen LogP contribution < -0.4 is 0 Å². The van der Waals surface area contributed by atoms with Crippen LogP contribution in [0.5, 0.6) is 0 Å². The van der Waals surface area contributed by atoms with E-state index in [0.717, 1.165) is 17.7 Å². The molecule has 0 amide bonds. The predicted octanol–water partition coefficient (Wildman–Crippen LogP) is 2.38. The van der Waals surface area contributed by atoms with Gasteiger partial charge in [0.15, 0.2) is 0 Å². The topological polar surface area (TPSA) is 23.9 Å². The molecule has 0 aliphatic carbocycles. The second kappa shape index (κ2) is 3.42. The molecular formula is C7H13N. The van der Waals surface area contributed by atoms with Crippen molar-refractivity contribution in [3.8, 4) is 0 Å². The van der Waals surface area contributed by atoms with Crippen molar-refractivity contribution in [1.82, 2.24) is 0 Å². The Kier molecular flexibility index (Phi) is 3.16. The molecule has 0 radical (unpaired) electrons. The first kappa shape index (κ1) is 7.41. The average Bonchev–Trinajstić information content (AvgIpc) is 1.84. The molecule has 0 heterocycles. The van der Waals surface area contributed by atoms with E-state index < -0.39 is 0 Å². The van der Waals surface area contributed by atoms with Crippen LogP contribution in [0.4, 0.5) is 0 Å². The first-order valence-corrected chi connectivity index (χ1v) is 2.93. The minimum atomic E-state index is 0.743.